The van der Waals surface area contributed by atoms with Gasteiger partial charge in [-0.05, 0) is 31.6 Å². The molecule has 0 aromatic carbocycles. The van der Waals surface area contributed by atoms with Crippen LogP contribution in [0, 0.1) is 5.92 Å². The largest absolute Gasteiger partial charge is 0.480 e. The van der Waals surface area contributed by atoms with Crippen molar-refractivity contribution >= 4 is 11.9 Å². The van der Waals surface area contributed by atoms with Crippen molar-refractivity contribution < 1.29 is 19.8 Å². The second-order valence-electron chi connectivity index (χ2n) is 4.96. The lowest BCUT2D eigenvalue weighted by Crippen LogP contribution is -2.41. The summed E-state index contributed by atoms with van der Waals surface area (Å²) in [6.45, 7) is 0.116. The molecule has 1 atom stereocenters. The minimum Gasteiger partial charge on any atom is -0.480 e. The van der Waals surface area contributed by atoms with Crippen LogP contribution in [-0.4, -0.2) is 40.8 Å². The third-order valence-corrected chi connectivity index (χ3v) is 3.59. The number of hydrogen-bond donors (Lipinski definition) is 4. The van der Waals surface area contributed by atoms with Crippen LogP contribution in [0.3, 0.4) is 0 Å². The molecule has 18 heavy (non-hydrogen) atoms. The van der Waals surface area contributed by atoms with Crippen LogP contribution in [0.2, 0.25) is 0 Å². The van der Waals surface area contributed by atoms with E-state index in [0.717, 1.165) is 32.1 Å². The van der Waals surface area contributed by atoms with Gasteiger partial charge in [0.1, 0.15) is 6.04 Å². The highest BCUT2D eigenvalue weighted by atomic mass is 16.4. The normalized spacial score (nSPS) is 20.9. The molecule has 6 heteroatoms. The molecule has 0 aliphatic heterocycles. The number of carboxylic acid groups (broad SMARTS) is 2. The Balaban J connectivity index is 0.000000180. The van der Waals surface area contributed by atoms with Crippen molar-refractivity contribution in [2.45, 2.75) is 50.6 Å². The van der Waals surface area contributed by atoms with E-state index in [4.69, 9.17) is 15.9 Å². The van der Waals surface area contributed by atoms with Crippen molar-refractivity contribution in [2.24, 2.45) is 11.7 Å². The van der Waals surface area contributed by atoms with Gasteiger partial charge < -0.3 is 21.3 Å². The molecule has 2 rings (SSSR count). The number of aliphatic carboxylic acids is 2. The standard InChI is InChI=1S/2C6H11NO2/c8-6(9)4-7-5-2-1-3-5;7-5(6(8)9)4-2-1-3-4/h5,7H,1-4H2,(H,8,9);4-5H,1-3,7H2,(H,8,9). The first-order chi connectivity index (χ1) is 8.50. The van der Waals surface area contributed by atoms with Crippen LogP contribution >= 0.6 is 0 Å². The number of nitrogens with one attached hydrogen (secondary N) is 1. The Morgan fingerprint density at radius 1 is 1.17 bits per heavy atom. The summed E-state index contributed by atoms with van der Waals surface area (Å²) in [5, 5.41) is 19.5. The Kier molecular flexibility index (Phi) is 6.07. The fraction of sp³-hybridized carbons (Fsp3) is 0.833. The predicted molar refractivity (Wildman–Crippen MR) is 66.2 cm³/mol. The maximum atomic E-state index is 10.2. The molecule has 6 nitrogen and oxygen atoms in total. The summed E-state index contributed by atoms with van der Waals surface area (Å²) >= 11 is 0. The molecule has 0 aromatic heterocycles. The quantitative estimate of drug-likeness (QED) is 0.568. The summed E-state index contributed by atoms with van der Waals surface area (Å²) in [6, 6.07) is -0.125. The molecule has 0 saturated heterocycles. The topological polar surface area (TPSA) is 113 Å². The van der Waals surface area contributed by atoms with Crippen LogP contribution in [0.4, 0.5) is 0 Å². The molecular formula is C12H22N2O4. The third-order valence-electron chi connectivity index (χ3n) is 3.59. The number of rotatable bonds is 5. The lowest BCUT2D eigenvalue weighted by atomic mass is 9.80. The molecule has 0 heterocycles. The van der Waals surface area contributed by atoms with Crippen molar-refractivity contribution in [1.82, 2.24) is 5.32 Å². The zero-order valence-electron chi connectivity index (χ0n) is 10.5. The van der Waals surface area contributed by atoms with Gasteiger partial charge in [0.05, 0.1) is 6.54 Å². The molecule has 2 aliphatic rings. The molecule has 5 N–H and O–H groups in total. The molecule has 0 aromatic rings. The van der Waals surface area contributed by atoms with E-state index in [0.29, 0.717) is 6.04 Å². The van der Waals surface area contributed by atoms with Crippen molar-refractivity contribution in [3.8, 4) is 0 Å². The summed E-state index contributed by atoms with van der Waals surface area (Å²) in [4.78, 5) is 20.2. The van der Waals surface area contributed by atoms with Gasteiger partial charge in [-0.25, -0.2) is 0 Å². The minimum absolute atomic E-state index is 0.116. The van der Waals surface area contributed by atoms with Gasteiger partial charge in [-0.15, -0.1) is 0 Å². The van der Waals surface area contributed by atoms with Gasteiger partial charge in [0.15, 0.2) is 0 Å². The van der Waals surface area contributed by atoms with Gasteiger partial charge in [-0.3, -0.25) is 9.59 Å². The van der Waals surface area contributed by atoms with Gasteiger partial charge in [0.25, 0.3) is 0 Å². The zero-order valence-corrected chi connectivity index (χ0v) is 10.5. The van der Waals surface area contributed by atoms with Crippen LogP contribution in [0.1, 0.15) is 38.5 Å². The van der Waals surface area contributed by atoms with Crippen molar-refractivity contribution in [3.63, 3.8) is 0 Å². The third kappa shape index (κ3) is 5.01. The van der Waals surface area contributed by atoms with E-state index in [1.807, 2.05) is 0 Å². The summed E-state index contributed by atoms with van der Waals surface area (Å²) in [5.41, 5.74) is 5.32. The second kappa shape index (κ2) is 7.33. The molecule has 2 fully saturated rings. The molecular weight excluding hydrogens is 236 g/mol. The predicted octanol–water partition coefficient (Wildman–Crippen LogP) is 0.411. The lowest BCUT2D eigenvalue weighted by Gasteiger charge is -2.28. The van der Waals surface area contributed by atoms with Crippen LogP contribution in [-0.2, 0) is 9.59 Å². The second-order valence-corrected chi connectivity index (χ2v) is 4.96. The average molecular weight is 258 g/mol. The molecule has 0 spiro atoms. The Bertz CT molecular complexity index is 288. The van der Waals surface area contributed by atoms with Gasteiger partial charge in [-0.1, -0.05) is 12.8 Å². The van der Waals surface area contributed by atoms with E-state index in [1.165, 1.54) is 6.42 Å². The fourth-order valence-corrected chi connectivity index (χ4v) is 1.84. The van der Waals surface area contributed by atoms with Crippen molar-refractivity contribution in [3.05, 3.63) is 0 Å². The van der Waals surface area contributed by atoms with E-state index in [-0.39, 0.29) is 12.5 Å². The summed E-state index contributed by atoms with van der Waals surface area (Å²) < 4.78 is 0. The highest BCUT2D eigenvalue weighted by molar-refractivity contribution is 5.73. The molecule has 0 radical (unpaired) electrons. The summed E-state index contributed by atoms with van der Waals surface area (Å²) in [6.07, 6.45) is 6.67. The smallest absolute Gasteiger partial charge is 0.320 e. The first kappa shape index (κ1) is 14.9. The monoisotopic (exact) mass is 258 g/mol. The Morgan fingerprint density at radius 3 is 1.94 bits per heavy atom. The van der Waals surface area contributed by atoms with E-state index >= 15 is 0 Å². The molecule has 0 amide bonds. The van der Waals surface area contributed by atoms with Crippen LogP contribution in [0.25, 0.3) is 0 Å². The van der Waals surface area contributed by atoms with Gasteiger partial charge >= 0.3 is 11.9 Å². The van der Waals surface area contributed by atoms with Crippen LogP contribution < -0.4 is 11.1 Å². The molecule has 0 bridgehead atoms. The minimum atomic E-state index is -0.861. The molecule has 1 unspecified atom stereocenters. The van der Waals surface area contributed by atoms with Crippen LogP contribution in [0.15, 0.2) is 0 Å². The number of hydrogen-bond acceptors (Lipinski definition) is 4. The number of carbonyl (C=O) groups is 2. The van der Waals surface area contributed by atoms with Crippen LogP contribution in [0.5, 0.6) is 0 Å². The van der Waals surface area contributed by atoms with Gasteiger partial charge in [0.2, 0.25) is 0 Å². The maximum absolute atomic E-state index is 10.2. The van der Waals surface area contributed by atoms with E-state index in [9.17, 15) is 9.59 Å². The van der Waals surface area contributed by atoms with Crippen molar-refractivity contribution in [2.75, 3.05) is 6.54 Å². The summed E-state index contributed by atoms with van der Waals surface area (Å²) in [7, 11) is 0. The number of carboxylic acids is 2. The summed E-state index contributed by atoms with van der Waals surface area (Å²) in [5.74, 6) is -1.37. The van der Waals surface area contributed by atoms with Gasteiger partial charge in [-0.2, -0.15) is 0 Å². The Hall–Kier alpha value is -1.14. The van der Waals surface area contributed by atoms with Crippen molar-refractivity contribution in [1.29, 1.82) is 0 Å². The van der Waals surface area contributed by atoms with Gasteiger partial charge in [0, 0.05) is 6.04 Å². The number of nitrogens with two attached hydrogens (primary N) is 1. The van der Waals surface area contributed by atoms with E-state index in [2.05, 4.69) is 5.32 Å². The van der Waals surface area contributed by atoms with E-state index in [1.54, 1.807) is 0 Å². The first-order valence-corrected chi connectivity index (χ1v) is 6.44. The highest BCUT2D eigenvalue weighted by Crippen LogP contribution is 2.28. The molecule has 104 valence electrons. The maximum Gasteiger partial charge on any atom is 0.320 e. The molecule has 2 aliphatic carbocycles. The Morgan fingerprint density at radius 2 is 1.72 bits per heavy atom. The lowest BCUT2D eigenvalue weighted by molar-refractivity contribution is -0.140. The fourth-order valence-electron chi connectivity index (χ4n) is 1.84. The molecule has 2 saturated carbocycles. The SMILES string of the molecule is NC(C(=O)O)C1CCC1.O=C(O)CNC1CCC1. The van der Waals surface area contributed by atoms with E-state index < -0.39 is 18.0 Å². The highest BCUT2D eigenvalue weighted by Gasteiger charge is 2.28. The Labute approximate surface area is 107 Å². The first-order valence-electron chi connectivity index (χ1n) is 6.44. The zero-order chi connectivity index (χ0) is 13.5. The average Bonchev–Trinajstić information content (AvgIpc) is 2.12.